The van der Waals surface area contributed by atoms with E-state index < -0.39 is 24.6 Å². The minimum absolute atomic E-state index is 0.321. The van der Waals surface area contributed by atoms with Crippen LogP contribution in [-0.4, -0.2) is 53.6 Å². The van der Waals surface area contributed by atoms with E-state index in [1.54, 1.807) is 0 Å². The zero-order valence-corrected chi connectivity index (χ0v) is 6.17. The van der Waals surface area contributed by atoms with E-state index in [0.29, 0.717) is 0 Å². The molecular weight excluding hydrogens is 152 g/mol. The van der Waals surface area contributed by atoms with E-state index in [2.05, 4.69) is 4.74 Å². The highest BCUT2D eigenvalue weighted by Crippen LogP contribution is 2.20. The number of hydrogen-bond donors (Lipinski definition) is 3. The smallest absolute Gasteiger partial charge is 0.186 e. The van der Waals surface area contributed by atoms with E-state index in [1.807, 2.05) is 0 Å². The van der Waals surface area contributed by atoms with E-state index in [-0.39, 0.29) is 6.61 Å². The Morgan fingerprint density at radius 1 is 1.36 bits per heavy atom. The third-order valence-corrected chi connectivity index (χ3v) is 1.73. The molecule has 4 atom stereocenters. The lowest BCUT2D eigenvalue weighted by Crippen LogP contribution is -2.34. The lowest BCUT2D eigenvalue weighted by molar-refractivity contribution is -0.153. The highest BCUT2D eigenvalue weighted by molar-refractivity contribution is 4.85. The minimum atomic E-state index is -1.07. The van der Waals surface area contributed by atoms with Crippen molar-refractivity contribution in [3.05, 3.63) is 0 Å². The molecule has 0 spiro atoms. The van der Waals surface area contributed by atoms with Crippen LogP contribution < -0.4 is 0 Å². The van der Waals surface area contributed by atoms with Crippen molar-refractivity contribution in [1.29, 1.82) is 0 Å². The summed E-state index contributed by atoms with van der Waals surface area (Å²) in [6.07, 6.45) is -3.71. The van der Waals surface area contributed by atoms with Crippen LogP contribution in [0.2, 0.25) is 0 Å². The van der Waals surface area contributed by atoms with Gasteiger partial charge in [-0.15, -0.1) is 0 Å². The van der Waals surface area contributed by atoms with Gasteiger partial charge < -0.3 is 24.8 Å². The summed E-state index contributed by atoms with van der Waals surface area (Å²) in [4.78, 5) is 0. The van der Waals surface area contributed by atoms with Crippen LogP contribution in [-0.2, 0) is 9.47 Å². The predicted molar refractivity (Wildman–Crippen MR) is 34.8 cm³/mol. The maximum Gasteiger partial charge on any atom is 0.186 e. The Bertz CT molecular complexity index is 110. The maximum absolute atomic E-state index is 9.15. The number of aliphatic hydroxyl groups is 3. The van der Waals surface area contributed by atoms with Crippen LogP contribution in [0.15, 0.2) is 0 Å². The molecule has 0 radical (unpaired) electrons. The SMILES string of the molecule is CO[C@H]1OC(CO)C(O)C1O. The number of aliphatic hydroxyl groups excluding tert-OH is 3. The monoisotopic (exact) mass is 164 g/mol. The number of ether oxygens (including phenoxy) is 2. The quantitative estimate of drug-likeness (QED) is 0.443. The molecule has 1 heterocycles. The topological polar surface area (TPSA) is 79.2 Å². The Morgan fingerprint density at radius 2 is 2.00 bits per heavy atom. The van der Waals surface area contributed by atoms with Gasteiger partial charge in [0.15, 0.2) is 6.29 Å². The summed E-state index contributed by atoms with van der Waals surface area (Å²) >= 11 is 0. The highest BCUT2D eigenvalue weighted by atomic mass is 16.7. The largest absolute Gasteiger partial charge is 0.394 e. The zero-order valence-electron chi connectivity index (χ0n) is 6.17. The molecule has 3 unspecified atom stereocenters. The number of methoxy groups -OCH3 is 1. The van der Waals surface area contributed by atoms with Gasteiger partial charge in [-0.1, -0.05) is 0 Å². The molecule has 0 amide bonds. The summed E-state index contributed by atoms with van der Waals surface area (Å²) in [6.45, 7) is -0.321. The molecule has 0 aromatic rings. The van der Waals surface area contributed by atoms with Gasteiger partial charge in [-0.3, -0.25) is 0 Å². The van der Waals surface area contributed by atoms with Crippen LogP contribution >= 0.6 is 0 Å². The molecule has 1 aliphatic heterocycles. The summed E-state index contributed by atoms with van der Waals surface area (Å²) < 4.78 is 9.59. The van der Waals surface area contributed by atoms with Gasteiger partial charge in [-0.25, -0.2) is 0 Å². The lowest BCUT2D eigenvalue weighted by atomic mass is 10.1. The van der Waals surface area contributed by atoms with Crippen LogP contribution in [0.5, 0.6) is 0 Å². The van der Waals surface area contributed by atoms with E-state index in [1.165, 1.54) is 7.11 Å². The van der Waals surface area contributed by atoms with Crippen LogP contribution in [0, 0.1) is 0 Å². The molecule has 0 bridgehead atoms. The second-order valence-electron chi connectivity index (χ2n) is 2.44. The van der Waals surface area contributed by atoms with Crippen LogP contribution in [0.4, 0.5) is 0 Å². The van der Waals surface area contributed by atoms with Gasteiger partial charge >= 0.3 is 0 Å². The van der Waals surface area contributed by atoms with Gasteiger partial charge in [0.1, 0.15) is 18.3 Å². The van der Waals surface area contributed by atoms with Crippen LogP contribution in [0.3, 0.4) is 0 Å². The van der Waals surface area contributed by atoms with E-state index in [0.717, 1.165) is 0 Å². The fraction of sp³-hybridized carbons (Fsp3) is 1.00. The molecule has 3 N–H and O–H groups in total. The molecule has 0 aromatic carbocycles. The second kappa shape index (κ2) is 3.46. The number of hydrogen-bond acceptors (Lipinski definition) is 5. The van der Waals surface area contributed by atoms with Crippen molar-refractivity contribution < 1.29 is 24.8 Å². The average Bonchev–Trinajstić information content (AvgIpc) is 2.30. The van der Waals surface area contributed by atoms with Gasteiger partial charge in [-0.05, 0) is 0 Å². The first-order chi connectivity index (χ1) is 5.20. The molecule has 66 valence electrons. The molecule has 5 heteroatoms. The Hall–Kier alpha value is -0.200. The Kier molecular flexibility index (Phi) is 2.80. The molecule has 5 nitrogen and oxygen atoms in total. The Morgan fingerprint density at radius 3 is 2.27 bits per heavy atom. The fourth-order valence-electron chi connectivity index (χ4n) is 1.06. The zero-order chi connectivity index (χ0) is 8.43. The van der Waals surface area contributed by atoms with Gasteiger partial charge in [0, 0.05) is 7.11 Å². The summed E-state index contributed by atoms with van der Waals surface area (Å²) in [6, 6.07) is 0. The first-order valence-corrected chi connectivity index (χ1v) is 3.36. The lowest BCUT2D eigenvalue weighted by Gasteiger charge is -2.11. The third kappa shape index (κ3) is 1.52. The standard InChI is InChI=1S/C6H12O5/c1-10-6-5(9)4(8)3(2-7)11-6/h3-9H,2H2,1H3/t3?,4?,5?,6-/m0/s1. The average molecular weight is 164 g/mol. The fourth-order valence-corrected chi connectivity index (χ4v) is 1.06. The van der Waals surface area contributed by atoms with Crippen LogP contribution in [0.1, 0.15) is 0 Å². The van der Waals surface area contributed by atoms with E-state index >= 15 is 0 Å². The van der Waals surface area contributed by atoms with Crippen molar-refractivity contribution in [2.24, 2.45) is 0 Å². The molecule has 0 aliphatic carbocycles. The van der Waals surface area contributed by atoms with Crippen molar-refractivity contribution >= 4 is 0 Å². The number of rotatable bonds is 2. The molecule has 11 heavy (non-hydrogen) atoms. The predicted octanol–water partition coefficient (Wildman–Crippen LogP) is -1.93. The maximum atomic E-state index is 9.15. The Labute approximate surface area is 64.2 Å². The van der Waals surface area contributed by atoms with E-state index in [4.69, 9.17) is 20.1 Å². The summed E-state index contributed by atoms with van der Waals surface area (Å²) in [5.74, 6) is 0. The molecule has 1 fully saturated rings. The van der Waals surface area contributed by atoms with Gasteiger partial charge in [0.2, 0.25) is 0 Å². The van der Waals surface area contributed by atoms with Crippen molar-refractivity contribution in [3.8, 4) is 0 Å². The molecule has 1 aliphatic rings. The van der Waals surface area contributed by atoms with Gasteiger partial charge in [0.25, 0.3) is 0 Å². The normalized spacial score (nSPS) is 44.7. The summed E-state index contributed by atoms with van der Waals surface area (Å²) in [5.41, 5.74) is 0. The molecule has 1 rings (SSSR count). The highest BCUT2D eigenvalue weighted by Gasteiger charge is 2.42. The van der Waals surface area contributed by atoms with Crippen molar-refractivity contribution in [2.75, 3.05) is 13.7 Å². The molecule has 1 saturated heterocycles. The first kappa shape index (κ1) is 8.89. The first-order valence-electron chi connectivity index (χ1n) is 3.36. The molecular formula is C6H12O5. The van der Waals surface area contributed by atoms with Gasteiger partial charge in [-0.2, -0.15) is 0 Å². The van der Waals surface area contributed by atoms with Crippen molar-refractivity contribution in [1.82, 2.24) is 0 Å². The third-order valence-electron chi connectivity index (χ3n) is 1.73. The molecule has 0 aromatic heterocycles. The van der Waals surface area contributed by atoms with Crippen molar-refractivity contribution in [3.63, 3.8) is 0 Å². The van der Waals surface area contributed by atoms with Crippen molar-refractivity contribution in [2.45, 2.75) is 24.6 Å². The molecule has 0 saturated carbocycles. The minimum Gasteiger partial charge on any atom is -0.394 e. The summed E-state index contributed by atoms with van der Waals surface area (Å²) in [5, 5.41) is 26.9. The van der Waals surface area contributed by atoms with Crippen LogP contribution in [0.25, 0.3) is 0 Å². The van der Waals surface area contributed by atoms with Gasteiger partial charge in [0.05, 0.1) is 6.61 Å². The summed E-state index contributed by atoms with van der Waals surface area (Å²) in [7, 11) is 1.36. The Balaban J connectivity index is 2.53. The second-order valence-corrected chi connectivity index (χ2v) is 2.44. The van der Waals surface area contributed by atoms with E-state index in [9.17, 15) is 0 Å².